The molecule has 0 radical (unpaired) electrons. The van der Waals surface area contributed by atoms with Crippen molar-refractivity contribution < 1.29 is 14.3 Å². The monoisotopic (exact) mass is 512 g/mol. The first-order valence-electron chi connectivity index (χ1n) is 13.3. The van der Waals surface area contributed by atoms with Crippen LogP contribution >= 0.6 is 11.8 Å². The van der Waals surface area contributed by atoms with E-state index in [2.05, 4.69) is 21.7 Å². The minimum Gasteiger partial charge on any atom is -0.493 e. The highest BCUT2D eigenvalue weighted by molar-refractivity contribution is 7.99. The van der Waals surface area contributed by atoms with Crippen LogP contribution in [0.2, 0.25) is 0 Å². The van der Waals surface area contributed by atoms with E-state index in [1.54, 1.807) is 7.11 Å². The van der Waals surface area contributed by atoms with Gasteiger partial charge in [-0.05, 0) is 50.3 Å². The summed E-state index contributed by atoms with van der Waals surface area (Å²) in [5, 5.41) is 9.51. The van der Waals surface area contributed by atoms with Crippen LogP contribution in [0.1, 0.15) is 75.6 Å². The molecule has 0 aliphatic heterocycles. The third-order valence-electron chi connectivity index (χ3n) is 7.33. The van der Waals surface area contributed by atoms with E-state index in [9.17, 15) is 4.79 Å². The fourth-order valence-corrected chi connectivity index (χ4v) is 6.34. The third-order valence-corrected chi connectivity index (χ3v) is 8.28. The Kier molecular flexibility index (Phi) is 9.73. The first-order chi connectivity index (χ1) is 17.6. The largest absolute Gasteiger partial charge is 0.493 e. The smallest absolute Gasteiger partial charge is 0.233 e. The van der Waals surface area contributed by atoms with Gasteiger partial charge in [0.25, 0.3) is 0 Å². The summed E-state index contributed by atoms with van der Waals surface area (Å²) in [5.74, 6) is 2.68. The van der Waals surface area contributed by atoms with Gasteiger partial charge in [0.1, 0.15) is 6.61 Å². The maximum atomic E-state index is 13.6. The van der Waals surface area contributed by atoms with Gasteiger partial charge >= 0.3 is 0 Å². The molecule has 0 N–H and O–H groups in total. The van der Waals surface area contributed by atoms with Gasteiger partial charge in [0.05, 0.1) is 12.9 Å². The summed E-state index contributed by atoms with van der Waals surface area (Å²) in [6.07, 6.45) is 13.9. The normalized spacial score (nSPS) is 17.1. The van der Waals surface area contributed by atoms with E-state index < -0.39 is 0 Å². The van der Waals surface area contributed by atoms with Gasteiger partial charge in [0.15, 0.2) is 22.5 Å². The highest BCUT2D eigenvalue weighted by Gasteiger charge is 2.32. The maximum absolute atomic E-state index is 13.6. The second-order valence-corrected chi connectivity index (χ2v) is 10.9. The second-order valence-electron chi connectivity index (χ2n) is 9.91. The topological polar surface area (TPSA) is 69.5 Å². The Labute approximate surface area is 219 Å². The average molecular weight is 513 g/mol. The SMILES string of the molecule is C=CCn1c(COc2ccc(C)cc2OC)nnc1SCC(=O)N(C1CCCCC1)C1CCCCC1. The Morgan fingerprint density at radius 2 is 1.75 bits per heavy atom. The molecule has 1 amide bonds. The molecule has 7 nitrogen and oxygen atoms in total. The molecule has 0 atom stereocenters. The summed E-state index contributed by atoms with van der Waals surface area (Å²) < 4.78 is 13.5. The quantitative estimate of drug-likeness (QED) is 0.274. The van der Waals surface area contributed by atoms with E-state index in [0.29, 0.717) is 41.7 Å². The number of methoxy groups -OCH3 is 1. The predicted molar refractivity (Wildman–Crippen MR) is 144 cm³/mol. The minimum absolute atomic E-state index is 0.245. The predicted octanol–water partition coefficient (Wildman–Crippen LogP) is 5.95. The van der Waals surface area contributed by atoms with E-state index in [1.165, 1.54) is 50.3 Å². The number of hydrogen-bond acceptors (Lipinski definition) is 6. The summed E-state index contributed by atoms with van der Waals surface area (Å²) >= 11 is 1.47. The molecule has 36 heavy (non-hydrogen) atoms. The number of rotatable bonds is 11. The standard InChI is InChI=1S/C28H40N4O3S/c1-4-17-31-26(19-35-24-16-15-21(2)18-25(24)34-3)29-30-28(31)36-20-27(33)32(22-11-7-5-8-12-22)23-13-9-6-10-14-23/h4,15-16,18,22-23H,1,5-14,17,19-20H2,2-3H3. The van der Waals surface area contributed by atoms with Gasteiger partial charge in [-0.25, -0.2) is 0 Å². The number of amides is 1. The van der Waals surface area contributed by atoms with Crippen LogP contribution in [0.3, 0.4) is 0 Å². The number of carbonyl (C=O) groups excluding carboxylic acids is 1. The van der Waals surface area contributed by atoms with E-state index >= 15 is 0 Å². The number of aryl methyl sites for hydroxylation is 1. The lowest BCUT2D eigenvalue weighted by Crippen LogP contribution is -2.49. The van der Waals surface area contributed by atoms with E-state index in [1.807, 2.05) is 35.8 Å². The molecule has 4 rings (SSSR count). The van der Waals surface area contributed by atoms with E-state index in [-0.39, 0.29) is 12.5 Å². The number of carbonyl (C=O) groups is 1. The number of hydrogen-bond donors (Lipinski definition) is 0. The second kappa shape index (κ2) is 13.2. The van der Waals surface area contributed by atoms with Crippen LogP contribution in [0.25, 0.3) is 0 Å². The van der Waals surface area contributed by atoms with Crippen molar-refractivity contribution in [1.29, 1.82) is 0 Å². The fourth-order valence-electron chi connectivity index (χ4n) is 5.51. The van der Waals surface area contributed by atoms with Crippen LogP contribution in [0, 0.1) is 6.92 Å². The lowest BCUT2D eigenvalue weighted by molar-refractivity contribution is -0.135. The molecule has 1 heterocycles. The van der Waals surface area contributed by atoms with Gasteiger partial charge in [-0.2, -0.15) is 0 Å². The number of ether oxygens (including phenoxy) is 2. The minimum atomic E-state index is 0.245. The van der Waals surface area contributed by atoms with Crippen molar-refractivity contribution in [3.8, 4) is 11.5 Å². The highest BCUT2D eigenvalue weighted by Crippen LogP contribution is 2.32. The molecule has 1 aromatic carbocycles. The summed E-state index contributed by atoms with van der Waals surface area (Å²) in [6, 6.07) is 6.64. The number of benzene rings is 1. The van der Waals surface area contributed by atoms with Crippen molar-refractivity contribution in [2.45, 2.75) is 102 Å². The van der Waals surface area contributed by atoms with Gasteiger partial charge in [-0.15, -0.1) is 16.8 Å². The fraction of sp³-hybridized carbons (Fsp3) is 0.607. The Morgan fingerprint density at radius 3 is 2.36 bits per heavy atom. The van der Waals surface area contributed by atoms with Crippen molar-refractivity contribution in [2.24, 2.45) is 0 Å². The van der Waals surface area contributed by atoms with Crippen molar-refractivity contribution in [1.82, 2.24) is 19.7 Å². The lowest BCUT2D eigenvalue weighted by Gasteiger charge is -2.41. The van der Waals surface area contributed by atoms with Crippen molar-refractivity contribution in [3.63, 3.8) is 0 Å². The number of nitrogens with zero attached hydrogens (tertiary/aromatic N) is 4. The molecule has 0 bridgehead atoms. The number of aromatic nitrogens is 3. The van der Waals surface area contributed by atoms with Crippen molar-refractivity contribution in [3.05, 3.63) is 42.2 Å². The molecule has 0 unspecified atom stereocenters. The van der Waals surface area contributed by atoms with E-state index in [4.69, 9.17) is 9.47 Å². The molecular formula is C28H40N4O3S. The van der Waals surface area contributed by atoms with Crippen LogP contribution in [0.5, 0.6) is 11.5 Å². The zero-order chi connectivity index (χ0) is 25.3. The maximum Gasteiger partial charge on any atom is 0.233 e. The van der Waals surface area contributed by atoms with Crippen LogP contribution < -0.4 is 9.47 Å². The van der Waals surface area contributed by atoms with E-state index in [0.717, 1.165) is 36.4 Å². The van der Waals surface area contributed by atoms with Crippen LogP contribution in [0.15, 0.2) is 36.0 Å². The van der Waals surface area contributed by atoms with Crippen LogP contribution in [-0.4, -0.2) is 50.5 Å². The molecule has 0 spiro atoms. The zero-order valence-electron chi connectivity index (χ0n) is 21.8. The molecule has 2 aliphatic carbocycles. The molecule has 1 aromatic heterocycles. The third kappa shape index (κ3) is 6.64. The Balaban J connectivity index is 1.43. The average Bonchev–Trinajstić information content (AvgIpc) is 3.29. The van der Waals surface area contributed by atoms with Gasteiger partial charge in [-0.1, -0.05) is 62.4 Å². The van der Waals surface area contributed by atoms with Crippen molar-refractivity contribution >= 4 is 17.7 Å². The summed E-state index contributed by atoms with van der Waals surface area (Å²) in [4.78, 5) is 15.9. The Hall–Kier alpha value is -2.48. The summed E-state index contributed by atoms with van der Waals surface area (Å²) in [7, 11) is 1.64. The van der Waals surface area contributed by atoms with Crippen LogP contribution in [-0.2, 0) is 17.9 Å². The molecule has 8 heteroatoms. The van der Waals surface area contributed by atoms with Crippen molar-refractivity contribution in [2.75, 3.05) is 12.9 Å². The number of thioether (sulfide) groups is 1. The molecule has 2 aromatic rings. The highest BCUT2D eigenvalue weighted by atomic mass is 32.2. The summed E-state index contributed by atoms with van der Waals surface area (Å²) in [5.41, 5.74) is 1.10. The summed E-state index contributed by atoms with van der Waals surface area (Å²) in [6.45, 7) is 6.73. The molecule has 2 fully saturated rings. The van der Waals surface area contributed by atoms with Gasteiger partial charge in [0.2, 0.25) is 5.91 Å². The van der Waals surface area contributed by atoms with Gasteiger partial charge in [-0.3, -0.25) is 9.36 Å². The molecule has 0 saturated heterocycles. The zero-order valence-corrected chi connectivity index (χ0v) is 22.6. The first-order valence-corrected chi connectivity index (χ1v) is 14.3. The Morgan fingerprint density at radius 1 is 1.08 bits per heavy atom. The lowest BCUT2D eigenvalue weighted by atomic mass is 9.88. The molecule has 196 valence electrons. The number of allylic oxidation sites excluding steroid dienone is 1. The molecule has 2 saturated carbocycles. The Bertz CT molecular complexity index is 994. The van der Waals surface area contributed by atoms with Gasteiger partial charge in [0, 0.05) is 18.6 Å². The first kappa shape index (κ1) is 26.6. The molecule has 2 aliphatic rings. The van der Waals surface area contributed by atoms with Crippen LogP contribution in [0.4, 0.5) is 0 Å². The molecular weight excluding hydrogens is 472 g/mol. The van der Waals surface area contributed by atoms with Gasteiger partial charge < -0.3 is 14.4 Å².